The van der Waals surface area contributed by atoms with Gasteiger partial charge in [-0.05, 0) is 38.6 Å². The van der Waals surface area contributed by atoms with Gasteiger partial charge in [0.05, 0.1) is 11.1 Å². The molecular weight excluding hydrogens is 390 g/mol. The molecule has 0 aromatic heterocycles. The van der Waals surface area contributed by atoms with Crippen molar-refractivity contribution >= 4 is 29.6 Å². The van der Waals surface area contributed by atoms with Crippen molar-refractivity contribution in [2.75, 3.05) is 20.8 Å². The first-order chi connectivity index (χ1) is 14.1. The molecule has 1 aromatic rings. The van der Waals surface area contributed by atoms with Crippen LogP contribution >= 0.6 is 0 Å². The molecule has 0 spiro atoms. The van der Waals surface area contributed by atoms with Gasteiger partial charge < -0.3 is 4.74 Å². The van der Waals surface area contributed by atoms with Gasteiger partial charge in [0.25, 0.3) is 17.7 Å². The van der Waals surface area contributed by atoms with Crippen molar-refractivity contribution in [2.45, 2.75) is 38.8 Å². The summed E-state index contributed by atoms with van der Waals surface area (Å²) in [5, 5.41) is 0. The minimum atomic E-state index is -1.11. The highest BCUT2D eigenvalue weighted by molar-refractivity contribution is 6.23. The summed E-state index contributed by atoms with van der Waals surface area (Å²) in [6, 6.07) is 4.69. The number of piperidine rings is 1. The lowest BCUT2D eigenvalue weighted by atomic mass is 10.0. The number of ether oxygens (including phenoxy) is 1. The normalized spacial score (nSPS) is 20.3. The van der Waals surface area contributed by atoms with E-state index in [2.05, 4.69) is 0 Å². The number of carbonyl (C=O) groups excluding carboxylic acids is 5. The van der Waals surface area contributed by atoms with Gasteiger partial charge in [0.2, 0.25) is 5.91 Å². The fourth-order valence-corrected chi connectivity index (χ4v) is 3.98. The van der Waals surface area contributed by atoms with Crippen LogP contribution < -0.4 is 0 Å². The van der Waals surface area contributed by atoms with Gasteiger partial charge in [0.1, 0.15) is 12.1 Å². The van der Waals surface area contributed by atoms with Gasteiger partial charge in [-0.25, -0.2) is 4.90 Å². The topological polar surface area (TPSA) is 104 Å². The number of hydrogen-bond donors (Lipinski definition) is 0. The number of benzene rings is 1. The van der Waals surface area contributed by atoms with E-state index < -0.39 is 48.4 Å². The van der Waals surface area contributed by atoms with Crippen LogP contribution in [0, 0.1) is 5.92 Å². The molecule has 2 heterocycles. The molecule has 9 nitrogen and oxygen atoms in total. The largest absolute Gasteiger partial charge is 0.443 e. The van der Waals surface area contributed by atoms with E-state index >= 15 is 0 Å². The number of hydrogen-bond acceptors (Lipinski definition) is 7. The lowest BCUT2D eigenvalue weighted by molar-refractivity contribution is -0.166. The Kier molecular flexibility index (Phi) is 6.02. The van der Waals surface area contributed by atoms with Gasteiger partial charge in [-0.2, -0.15) is 0 Å². The third-order valence-electron chi connectivity index (χ3n) is 5.39. The van der Waals surface area contributed by atoms with Crippen molar-refractivity contribution in [2.24, 2.45) is 5.92 Å². The summed E-state index contributed by atoms with van der Waals surface area (Å²) in [4.78, 5) is 66.6. The number of amides is 4. The van der Waals surface area contributed by atoms with Crippen molar-refractivity contribution in [3.63, 3.8) is 0 Å². The lowest BCUT2D eigenvalue weighted by Gasteiger charge is -2.34. The van der Waals surface area contributed by atoms with E-state index in [-0.39, 0.29) is 29.9 Å². The molecule has 0 saturated carbocycles. The summed E-state index contributed by atoms with van der Waals surface area (Å²) < 4.78 is 5.25. The van der Waals surface area contributed by atoms with Crippen LogP contribution in [0.15, 0.2) is 24.3 Å². The minimum Gasteiger partial charge on any atom is -0.443 e. The monoisotopic (exact) mass is 415 g/mol. The molecule has 1 aromatic carbocycles. The highest BCUT2D eigenvalue weighted by Gasteiger charge is 2.47. The summed E-state index contributed by atoms with van der Waals surface area (Å²) >= 11 is 0. The molecule has 160 valence electrons. The van der Waals surface area contributed by atoms with Crippen LogP contribution in [0.3, 0.4) is 0 Å². The average molecular weight is 415 g/mol. The standard InChI is InChI=1S/C21H25N3O6/c1-12(2)17(22(3)4)21(29)30-11-23-16(25)10-9-15(20(23)28)24-18(26)13-7-5-6-8-14(13)19(24)27/h5-8,12,15,17H,9-11H2,1-4H3/t15-,17?/m0/s1. The van der Waals surface area contributed by atoms with E-state index in [0.29, 0.717) is 0 Å². The highest BCUT2D eigenvalue weighted by Crippen LogP contribution is 2.29. The van der Waals surface area contributed by atoms with Crippen molar-refractivity contribution in [1.29, 1.82) is 0 Å². The molecule has 0 bridgehead atoms. The van der Waals surface area contributed by atoms with Crippen molar-refractivity contribution in [1.82, 2.24) is 14.7 Å². The average Bonchev–Trinajstić information content (AvgIpc) is 2.92. The number of esters is 1. The van der Waals surface area contributed by atoms with Crippen LogP contribution in [0.2, 0.25) is 0 Å². The fraction of sp³-hybridized carbons (Fsp3) is 0.476. The third kappa shape index (κ3) is 3.72. The van der Waals surface area contributed by atoms with E-state index in [1.807, 2.05) is 13.8 Å². The zero-order chi connectivity index (χ0) is 22.2. The molecule has 2 aliphatic heterocycles. The van der Waals surface area contributed by atoms with Gasteiger partial charge in [-0.15, -0.1) is 0 Å². The molecule has 2 aliphatic rings. The Labute approximate surface area is 174 Å². The van der Waals surface area contributed by atoms with E-state index in [1.54, 1.807) is 31.1 Å². The number of carbonyl (C=O) groups is 5. The minimum absolute atomic E-state index is 0.0358. The Morgan fingerprint density at radius 1 is 1.10 bits per heavy atom. The second-order valence-electron chi connectivity index (χ2n) is 7.99. The van der Waals surface area contributed by atoms with Crippen LogP contribution in [0.1, 0.15) is 47.4 Å². The summed E-state index contributed by atoms with van der Waals surface area (Å²) in [6.07, 6.45) is 0.00253. The van der Waals surface area contributed by atoms with Crippen LogP contribution in [0.5, 0.6) is 0 Å². The Balaban J connectivity index is 1.75. The van der Waals surface area contributed by atoms with Gasteiger partial charge in [-0.3, -0.25) is 33.8 Å². The van der Waals surface area contributed by atoms with Crippen LogP contribution in [0.25, 0.3) is 0 Å². The summed E-state index contributed by atoms with van der Waals surface area (Å²) in [6.45, 7) is 3.18. The molecule has 0 radical (unpaired) electrons. The second kappa shape index (κ2) is 8.35. The molecule has 0 N–H and O–H groups in total. The van der Waals surface area contributed by atoms with Crippen molar-refractivity contribution in [3.05, 3.63) is 35.4 Å². The number of rotatable bonds is 6. The molecule has 1 fully saturated rings. The van der Waals surface area contributed by atoms with E-state index in [4.69, 9.17) is 4.74 Å². The molecule has 9 heteroatoms. The predicted molar refractivity (Wildman–Crippen MR) is 105 cm³/mol. The molecule has 2 atom stereocenters. The van der Waals surface area contributed by atoms with E-state index in [9.17, 15) is 24.0 Å². The molecule has 1 unspecified atom stereocenters. The van der Waals surface area contributed by atoms with Gasteiger partial charge >= 0.3 is 5.97 Å². The van der Waals surface area contributed by atoms with E-state index in [1.165, 1.54) is 12.1 Å². The maximum atomic E-state index is 13.0. The zero-order valence-corrected chi connectivity index (χ0v) is 17.5. The summed E-state index contributed by atoms with van der Waals surface area (Å²) in [5.74, 6) is -2.95. The first-order valence-electron chi connectivity index (χ1n) is 9.79. The molecule has 3 rings (SSSR count). The second-order valence-corrected chi connectivity index (χ2v) is 7.99. The Morgan fingerprint density at radius 3 is 2.17 bits per heavy atom. The summed E-state index contributed by atoms with van der Waals surface area (Å²) in [5.41, 5.74) is 0.465. The fourth-order valence-electron chi connectivity index (χ4n) is 3.98. The molecular formula is C21H25N3O6. The maximum absolute atomic E-state index is 13.0. The number of imide groups is 2. The van der Waals surface area contributed by atoms with Gasteiger partial charge in [-0.1, -0.05) is 26.0 Å². The van der Waals surface area contributed by atoms with Crippen LogP contribution in [-0.2, 0) is 19.1 Å². The number of nitrogens with zero attached hydrogens (tertiary/aromatic N) is 3. The number of likely N-dealkylation sites (tertiary alicyclic amines) is 1. The molecule has 30 heavy (non-hydrogen) atoms. The van der Waals surface area contributed by atoms with Crippen molar-refractivity contribution < 1.29 is 28.7 Å². The Hall–Kier alpha value is -3.07. The molecule has 4 amide bonds. The van der Waals surface area contributed by atoms with E-state index in [0.717, 1.165) is 9.80 Å². The smallest absolute Gasteiger partial charge is 0.325 e. The molecule has 0 aliphatic carbocycles. The third-order valence-corrected chi connectivity index (χ3v) is 5.39. The zero-order valence-electron chi connectivity index (χ0n) is 17.5. The van der Waals surface area contributed by atoms with Gasteiger partial charge in [0.15, 0.2) is 6.73 Å². The van der Waals surface area contributed by atoms with Gasteiger partial charge in [0, 0.05) is 6.42 Å². The SMILES string of the molecule is CC(C)C(C(=O)OCN1C(=O)CC[C@H](N2C(=O)c3ccccc3C2=O)C1=O)N(C)C. The first kappa shape index (κ1) is 21.6. The Bertz CT molecular complexity index is 867. The van der Waals surface area contributed by atoms with Crippen molar-refractivity contribution in [3.8, 4) is 0 Å². The Morgan fingerprint density at radius 2 is 1.67 bits per heavy atom. The number of fused-ring (bicyclic) bond motifs is 1. The predicted octanol–water partition coefficient (Wildman–Crippen LogP) is 0.887. The lowest BCUT2D eigenvalue weighted by Crippen LogP contribution is -2.57. The number of likely N-dealkylation sites (N-methyl/N-ethyl adjacent to an activating group) is 1. The maximum Gasteiger partial charge on any atom is 0.325 e. The van der Waals surface area contributed by atoms with Crippen LogP contribution in [-0.4, -0.2) is 77.2 Å². The van der Waals surface area contributed by atoms with Crippen LogP contribution in [0.4, 0.5) is 0 Å². The first-order valence-corrected chi connectivity index (χ1v) is 9.79. The summed E-state index contributed by atoms with van der Waals surface area (Å²) in [7, 11) is 3.48. The molecule has 1 saturated heterocycles. The highest BCUT2D eigenvalue weighted by atomic mass is 16.5. The quantitative estimate of drug-likeness (QED) is 0.502.